The number of hydrogen-bond donors (Lipinski definition) is 2. The molecule has 0 radical (unpaired) electrons. The summed E-state index contributed by atoms with van der Waals surface area (Å²) in [6.07, 6.45) is 4.39. The molecular formula is C31H41N5O3S. The summed E-state index contributed by atoms with van der Waals surface area (Å²) in [4.78, 5) is 44.6. The van der Waals surface area contributed by atoms with Crippen LogP contribution in [-0.2, 0) is 27.2 Å². The number of amides is 3. The Hall–Kier alpha value is -3.53. The van der Waals surface area contributed by atoms with Gasteiger partial charge in [0, 0.05) is 51.4 Å². The number of benzene rings is 2. The lowest BCUT2D eigenvalue weighted by Crippen LogP contribution is -2.57. The van der Waals surface area contributed by atoms with Gasteiger partial charge in [-0.25, -0.2) is 5.01 Å². The molecule has 9 heteroatoms. The average Bonchev–Trinajstić information content (AvgIpc) is 3.41. The van der Waals surface area contributed by atoms with Crippen molar-refractivity contribution in [2.24, 2.45) is 5.73 Å². The third-order valence-corrected chi connectivity index (χ3v) is 7.57. The predicted molar refractivity (Wildman–Crippen MR) is 163 cm³/mol. The fourth-order valence-corrected chi connectivity index (χ4v) is 5.17. The van der Waals surface area contributed by atoms with Gasteiger partial charge in [-0.2, -0.15) is 0 Å². The molecule has 0 bridgehead atoms. The van der Waals surface area contributed by atoms with Gasteiger partial charge in [-0.3, -0.25) is 19.8 Å². The minimum atomic E-state index is -0.827. The molecule has 3 rings (SSSR count). The first-order valence-electron chi connectivity index (χ1n) is 13.3. The number of thiophene rings is 1. The molecular weight excluding hydrogens is 522 g/mol. The van der Waals surface area contributed by atoms with Gasteiger partial charge < -0.3 is 15.5 Å². The lowest BCUT2D eigenvalue weighted by Gasteiger charge is -2.34. The number of rotatable bonds is 12. The van der Waals surface area contributed by atoms with Gasteiger partial charge in [0.05, 0.1) is 0 Å². The van der Waals surface area contributed by atoms with E-state index in [2.05, 4.69) is 5.43 Å². The summed E-state index contributed by atoms with van der Waals surface area (Å²) >= 11 is 1.54. The Balaban J connectivity index is 1.94. The van der Waals surface area contributed by atoms with Crippen molar-refractivity contribution in [2.75, 3.05) is 28.2 Å². The van der Waals surface area contributed by atoms with E-state index in [9.17, 15) is 14.4 Å². The molecule has 3 N–H and O–H groups in total. The molecule has 0 saturated carbocycles. The first-order valence-corrected chi connectivity index (χ1v) is 14.2. The molecule has 3 amide bonds. The molecule has 3 aromatic rings. The van der Waals surface area contributed by atoms with Crippen LogP contribution in [0.2, 0.25) is 0 Å². The van der Waals surface area contributed by atoms with E-state index < -0.39 is 17.6 Å². The van der Waals surface area contributed by atoms with Crippen LogP contribution in [0.5, 0.6) is 0 Å². The molecule has 8 nitrogen and oxygen atoms in total. The second-order valence-corrected chi connectivity index (χ2v) is 12.1. The van der Waals surface area contributed by atoms with Crippen molar-refractivity contribution in [3.05, 3.63) is 82.6 Å². The Morgan fingerprint density at radius 2 is 1.62 bits per heavy atom. The number of carbonyl (C=O) groups is 3. The molecule has 1 unspecified atom stereocenters. The van der Waals surface area contributed by atoms with Crippen molar-refractivity contribution in [1.29, 1.82) is 0 Å². The number of nitrogens with one attached hydrogen (secondary N) is 1. The molecule has 214 valence electrons. The molecule has 0 spiro atoms. The summed E-state index contributed by atoms with van der Waals surface area (Å²) < 4.78 is 0. The third-order valence-electron chi connectivity index (χ3n) is 6.67. The second kappa shape index (κ2) is 13.7. The summed E-state index contributed by atoms with van der Waals surface area (Å²) in [6.45, 7) is 3.78. The molecule has 0 fully saturated rings. The molecule has 0 aliphatic heterocycles. The first-order chi connectivity index (χ1) is 18.9. The number of nitrogens with zero attached hydrogens (tertiary/aromatic N) is 3. The van der Waals surface area contributed by atoms with E-state index in [0.717, 1.165) is 21.2 Å². The zero-order chi connectivity index (χ0) is 29.4. The molecule has 2 atom stereocenters. The second-order valence-electron chi connectivity index (χ2n) is 11.1. The van der Waals surface area contributed by atoms with Crippen LogP contribution >= 0.6 is 11.3 Å². The Morgan fingerprint density at radius 3 is 2.25 bits per heavy atom. The highest BCUT2D eigenvalue weighted by Gasteiger charge is 2.35. The SMILES string of the molecule is CN(C)NC(=O)C(Cc1cccs1)N(C)C(=O)[C@@H](Cc1ccc2ccccc2c1)N(C)C(=O)/C=C/CC(C)(C)N. The van der Waals surface area contributed by atoms with Gasteiger partial charge in [-0.15, -0.1) is 11.3 Å². The van der Waals surface area contributed by atoms with Crippen molar-refractivity contribution in [3.8, 4) is 0 Å². The number of fused-ring (bicyclic) bond motifs is 1. The highest BCUT2D eigenvalue weighted by atomic mass is 32.1. The summed E-state index contributed by atoms with van der Waals surface area (Å²) in [5.74, 6) is -0.908. The van der Waals surface area contributed by atoms with Gasteiger partial charge in [-0.05, 0) is 54.1 Å². The Bertz CT molecular complexity index is 1330. The lowest BCUT2D eigenvalue weighted by atomic mass is 9.99. The normalized spacial score (nSPS) is 13.4. The highest BCUT2D eigenvalue weighted by Crippen LogP contribution is 2.21. The summed E-state index contributed by atoms with van der Waals surface area (Å²) in [5, 5.41) is 5.66. The van der Waals surface area contributed by atoms with Crippen LogP contribution in [0.15, 0.2) is 72.1 Å². The van der Waals surface area contributed by atoms with E-state index in [0.29, 0.717) is 19.3 Å². The first kappa shape index (κ1) is 31.0. The van der Waals surface area contributed by atoms with Crippen LogP contribution < -0.4 is 11.2 Å². The van der Waals surface area contributed by atoms with Crippen LogP contribution in [0.3, 0.4) is 0 Å². The van der Waals surface area contributed by atoms with Crippen molar-refractivity contribution in [2.45, 2.75) is 50.7 Å². The van der Waals surface area contributed by atoms with Gasteiger partial charge in [0.2, 0.25) is 11.8 Å². The van der Waals surface area contributed by atoms with Crippen LogP contribution in [0.25, 0.3) is 10.8 Å². The van der Waals surface area contributed by atoms with Gasteiger partial charge >= 0.3 is 0 Å². The number of likely N-dealkylation sites (N-methyl/N-ethyl adjacent to an activating group) is 2. The maximum absolute atomic E-state index is 14.1. The van der Waals surface area contributed by atoms with E-state index in [-0.39, 0.29) is 17.7 Å². The maximum atomic E-state index is 14.1. The monoisotopic (exact) mass is 563 g/mol. The molecule has 40 heavy (non-hydrogen) atoms. The smallest absolute Gasteiger partial charge is 0.257 e. The fourth-order valence-electron chi connectivity index (χ4n) is 4.42. The van der Waals surface area contributed by atoms with Gasteiger partial charge in [-0.1, -0.05) is 54.6 Å². The summed E-state index contributed by atoms with van der Waals surface area (Å²) in [5.41, 5.74) is 9.33. The summed E-state index contributed by atoms with van der Waals surface area (Å²) in [6, 6.07) is 16.3. The average molecular weight is 564 g/mol. The zero-order valence-corrected chi connectivity index (χ0v) is 25.1. The molecule has 0 saturated heterocycles. The minimum Gasteiger partial charge on any atom is -0.332 e. The molecule has 0 aliphatic rings. The van der Waals surface area contributed by atoms with Crippen molar-refractivity contribution in [1.82, 2.24) is 20.2 Å². The topological polar surface area (TPSA) is 99.0 Å². The highest BCUT2D eigenvalue weighted by molar-refractivity contribution is 7.09. The van der Waals surface area contributed by atoms with Crippen LogP contribution in [0, 0.1) is 0 Å². The number of carbonyl (C=O) groups excluding carboxylic acids is 3. The van der Waals surface area contributed by atoms with E-state index in [1.807, 2.05) is 73.8 Å². The standard InChI is InChI=1S/C31H41N5O3S/c1-31(2,32)17-9-14-28(37)35(5)27(20-22-15-16-23-11-7-8-12-24(23)19-22)30(39)36(6)26(29(38)33-34(3)4)21-25-13-10-18-40-25/h7-16,18-19,26-27H,17,20-21,32H2,1-6H3,(H,33,38)/b14-9+/t26?,27-/m1/s1. The Kier molecular flexibility index (Phi) is 10.6. The van der Waals surface area contributed by atoms with Crippen molar-refractivity contribution >= 4 is 39.8 Å². The number of hydrazine groups is 1. The van der Waals surface area contributed by atoms with Gasteiger partial charge in [0.25, 0.3) is 5.91 Å². The Labute approximate surface area is 241 Å². The van der Waals surface area contributed by atoms with Crippen LogP contribution in [0.4, 0.5) is 0 Å². The lowest BCUT2D eigenvalue weighted by molar-refractivity contribution is -0.147. The predicted octanol–water partition coefficient (Wildman–Crippen LogP) is 3.62. The molecule has 1 heterocycles. The maximum Gasteiger partial charge on any atom is 0.257 e. The zero-order valence-electron chi connectivity index (χ0n) is 24.3. The van der Waals surface area contributed by atoms with Crippen molar-refractivity contribution in [3.63, 3.8) is 0 Å². The van der Waals surface area contributed by atoms with Crippen LogP contribution in [0.1, 0.15) is 30.7 Å². The van der Waals surface area contributed by atoms with E-state index in [1.165, 1.54) is 27.2 Å². The minimum absolute atomic E-state index is 0.294. The largest absolute Gasteiger partial charge is 0.332 e. The number of nitrogens with two attached hydrogens (primary N) is 1. The Morgan fingerprint density at radius 1 is 0.925 bits per heavy atom. The van der Waals surface area contributed by atoms with Crippen LogP contribution in [-0.4, -0.2) is 78.3 Å². The summed E-state index contributed by atoms with van der Waals surface area (Å²) in [7, 11) is 6.72. The van der Waals surface area contributed by atoms with Crippen molar-refractivity contribution < 1.29 is 14.4 Å². The van der Waals surface area contributed by atoms with E-state index in [4.69, 9.17) is 5.73 Å². The molecule has 1 aromatic heterocycles. The molecule has 0 aliphatic carbocycles. The number of hydrogen-bond acceptors (Lipinski definition) is 6. The molecule has 2 aromatic carbocycles. The fraction of sp³-hybridized carbons (Fsp3) is 0.387. The van der Waals surface area contributed by atoms with Gasteiger partial charge in [0.15, 0.2) is 0 Å². The van der Waals surface area contributed by atoms with E-state index >= 15 is 0 Å². The quantitative estimate of drug-likeness (QED) is 0.259. The van der Waals surface area contributed by atoms with E-state index in [1.54, 1.807) is 39.3 Å². The third kappa shape index (κ3) is 8.74. The van der Waals surface area contributed by atoms with Gasteiger partial charge in [0.1, 0.15) is 12.1 Å².